The average molecular weight is 312 g/mol. The van der Waals surface area contributed by atoms with Crippen LogP contribution in [-0.4, -0.2) is 48.8 Å². The lowest BCUT2D eigenvalue weighted by Crippen LogP contribution is -2.41. The lowest BCUT2D eigenvalue weighted by atomic mass is 9.91. The van der Waals surface area contributed by atoms with Crippen molar-refractivity contribution in [2.24, 2.45) is 5.92 Å². The fourth-order valence-corrected chi connectivity index (χ4v) is 3.02. The highest BCUT2D eigenvalue weighted by Gasteiger charge is 2.30. The Labute approximate surface area is 130 Å². The number of piperidine rings is 1. The third-order valence-electron chi connectivity index (χ3n) is 4.18. The summed E-state index contributed by atoms with van der Waals surface area (Å²) >= 11 is 6.15. The maximum absolute atomic E-state index is 11.3. The van der Waals surface area contributed by atoms with Crippen LogP contribution >= 0.6 is 11.6 Å². The number of methoxy groups -OCH3 is 1. The van der Waals surface area contributed by atoms with E-state index in [4.69, 9.17) is 11.6 Å². The van der Waals surface area contributed by atoms with Crippen LogP contribution in [0.2, 0.25) is 5.02 Å². The molecule has 1 fully saturated rings. The number of hydrogen-bond acceptors (Lipinski definition) is 4. The van der Waals surface area contributed by atoms with Gasteiger partial charge in [-0.05, 0) is 49.9 Å². The van der Waals surface area contributed by atoms with Crippen LogP contribution in [0.3, 0.4) is 0 Å². The van der Waals surface area contributed by atoms with E-state index in [1.54, 1.807) is 0 Å². The zero-order valence-corrected chi connectivity index (χ0v) is 13.1. The Kier molecular flexibility index (Phi) is 6.03. The number of rotatable bonds is 5. The molecule has 1 aromatic rings. The Morgan fingerprint density at radius 1 is 1.43 bits per heavy atom. The molecule has 0 radical (unpaired) electrons. The fourth-order valence-electron chi connectivity index (χ4n) is 2.79. The van der Waals surface area contributed by atoms with E-state index in [9.17, 15) is 9.90 Å². The lowest BCUT2D eigenvalue weighted by Gasteiger charge is -2.33. The average Bonchev–Trinajstić information content (AvgIpc) is 2.53. The number of aliphatic hydroxyl groups is 1. The number of esters is 1. The van der Waals surface area contributed by atoms with Gasteiger partial charge in [-0.1, -0.05) is 29.8 Å². The van der Waals surface area contributed by atoms with E-state index in [-0.39, 0.29) is 5.92 Å². The third kappa shape index (κ3) is 4.43. The van der Waals surface area contributed by atoms with Crippen LogP contribution in [0.1, 0.15) is 18.4 Å². The quantitative estimate of drug-likeness (QED) is 0.846. The number of hydrogen-bond donors (Lipinski definition) is 1. The minimum absolute atomic E-state index is 0.00835. The van der Waals surface area contributed by atoms with Crippen LogP contribution < -0.4 is 0 Å². The van der Waals surface area contributed by atoms with E-state index in [1.165, 1.54) is 7.11 Å². The van der Waals surface area contributed by atoms with Gasteiger partial charge in [-0.3, -0.25) is 0 Å². The highest BCUT2D eigenvalue weighted by Crippen LogP contribution is 2.22. The van der Waals surface area contributed by atoms with Crippen LogP contribution in [0.4, 0.5) is 0 Å². The highest BCUT2D eigenvalue weighted by molar-refractivity contribution is 6.31. The van der Waals surface area contributed by atoms with E-state index < -0.39 is 12.1 Å². The van der Waals surface area contributed by atoms with Crippen molar-refractivity contribution in [1.29, 1.82) is 0 Å². The Bertz CT molecular complexity index is 472. The van der Waals surface area contributed by atoms with Gasteiger partial charge in [-0.2, -0.15) is 0 Å². The summed E-state index contributed by atoms with van der Waals surface area (Å²) in [6.07, 6.45) is 1.57. The number of ether oxygens (including phenoxy) is 1. The topological polar surface area (TPSA) is 49.8 Å². The normalized spacial score (nSPS) is 18.4. The molecule has 0 amide bonds. The minimum Gasteiger partial charge on any atom is -0.467 e. The minimum atomic E-state index is -0.985. The van der Waals surface area contributed by atoms with Crippen LogP contribution in [0.25, 0.3) is 0 Å². The molecule has 1 aliphatic heterocycles. The maximum Gasteiger partial charge on any atom is 0.334 e. The fraction of sp³-hybridized carbons (Fsp3) is 0.562. The first-order valence-electron chi connectivity index (χ1n) is 7.33. The summed E-state index contributed by atoms with van der Waals surface area (Å²) < 4.78 is 4.59. The summed E-state index contributed by atoms with van der Waals surface area (Å²) in [4.78, 5) is 13.7. The van der Waals surface area contributed by atoms with Crippen LogP contribution in [0, 0.1) is 5.92 Å². The van der Waals surface area contributed by atoms with Gasteiger partial charge in [-0.25, -0.2) is 4.79 Å². The van der Waals surface area contributed by atoms with E-state index in [1.807, 2.05) is 18.2 Å². The predicted octanol–water partition coefficient (Wildman–Crippen LogP) is 2.13. The van der Waals surface area contributed by atoms with E-state index in [0.29, 0.717) is 0 Å². The largest absolute Gasteiger partial charge is 0.467 e. The predicted molar refractivity (Wildman–Crippen MR) is 82.3 cm³/mol. The molecule has 1 aliphatic rings. The molecule has 0 bridgehead atoms. The molecule has 1 N–H and O–H groups in total. The van der Waals surface area contributed by atoms with Crippen molar-refractivity contribution in [3.63, 3.8) is 0 Å². The molecule has 1 heterocycles. The van der Waals surface area contributed by atoms with Crippen molar-refractivity contribution < 1.29 is 14.6 Å². The van der Waals surface area contributed by atoms with Crippen molar-refractivity contribution in [3.05, 3.63) is 34.9 Å². The van der Waals surface area contributed by atoms with Gasteiger partial charge in [0.25, 0.3) is 0 Å². The molecule has 1 aromatic carbocycles. The molecule has 0 spiro atoms. The van der Waals surface area contributed by atoms with E-state index in [0.717, 1.165) is 49.5 Å². The molecule has 1 saturated heterocycles. The van der Waals surface area contributed by atoms with E-state index >= 15 is 0 Å². The van der Waals surface area contributed by atoms with Gasteiger partial charge in [0.1, 0.15) is 0 Å². The summed E-state index contributed by atoms with van der Waals surface area (Å²) in [5.41, 5.74) is 1.16. The lowest BCUT2D eigenvalue weighted by molar-refractivity contribution is -0.154. The Hall–Kier alpha value is -1.10. The first-order chi connectivity index (χ1) is 10.1. The monoisotopic (exact) mass is 311 g/mol. The van der Waals surface area contributed by atoms with Gasteiger partial charge in [0.05, 0.1) is 7.11 Å². The van der Waals surface area contributed by atoms with Gasteiger partial charge in [0, 0.05) is 11.6 Å². The van der Waals surface area contributed by atoms with Crippen molar-refractivity contribution in [1.82, 2.24) is 4.90 Å². The molecule has 0 aromatic heterocycles. The summed E-state index contributed by atoms with van der Waals surface area (Å²) in [6, 6.07) is 7.90. The van der Waals surface area contributed by atoms with Gasteiger partial charge < -0.3 is 14.7 Å². The van der Waals surface area contributed by atoms with E-state index in [2.05, 4.69) is 15.7 Å². The summed E-state index contributed by atoms with van der Waals surface area (Å²) in [5.74, 6) is -0.515. The number of benzene rings is 1. The van der Waals surface area contributed by atoms with Crippen LogP contribution in [-0.2, 0) is 16.0 Å². The summed E-state index contributed by atoms with van der Waals surface area (Å²) in [5, 5.41) is 10.7. The highest BCUT2D eigenvalue weighted by atomic mass is 35.5. The molecule has 0 aliphatic carbocycles. The number of halogens is 1. The van der Waals surface area contributed by atoms with Crippen LogP contribution in [0.5, 0.6) is 0 Å². The third-order valence-corrected chi connectivity index (χ3v) is 4.55. The van der Waals surface area contributed by atoms with Crippen molar-refractivity contribution in [2.45, 2.75) is 25.4 Å². The second kappa shape index (κ2) is 7.78. The van der Waals surface area contributed by atoms with Crippen LogP contribution in [0.15, 0.2) is 24.3 Å². The molecule has 2 rings (SSSR count). The van der Waals surface area contributed by atoms with Crippen molar-refractivity contribution in [2.75, 3.05) is 26.7 Å². The Morgan fingerprint density at radius 3 is 2.71 bits per heavy atom. The maximum atomic E-state index is 11.3. The van der Waals surface area contributed by atoms with Gasteiger partial charge in [-0.15, -0.1) is 0 Å². The number of aliphatic hydroxyl groups excluding tert-OH is 1. The first kappa shape index (κ1) is 16.3. The first-order valence-corrected chi connectivity index (χ1v) is 7.71. The smallest absolute Gasteiger partial charge is 0.334 e. The molecule has 5 heteroatoms. The van der Waals surface area contributed by atoms with Gasteiger partial charge in [0.15, 0.2) is 6.10 Å². The molecule has 116 valence electrons. The summed E-state index contributed by atoms with van der Waals surface area (Å²) in [6.45, 7) is 2.73. The standard InChI is InChI=1S/C16H22ClNO3/c1-21-16(20)15(19)13-7-10-18(11-8-13)9-6-12-4-2-3-5-14(12)17/h2-5,13,15,19H,6-11H2,1H3. The molecule has 21 heavy (non-hydrogen) atoms. The van der Waals surface area contributed by atoms with Gasteiger partial charge >= 0.3 is 5.97 Å². The number of carbonyl (C=O) groups is 1. The number of nitrogens with zero attached hydrogens (tertiary/aromatic N) is 1. The molecule has 4 nitrogen and oxygen atoms in total. The molecule has 1 unspecified atom stereocenters. The second-order valence-corrected chi connectivity index (χ2v) is 5.90. The zero-order chi connectivity index (χ0) is 15.2. The molecular formula is C16H22ClNO3. The zero-order valence-electron chi connectivity index (χ0n) is 12.3. The second-order valence-electron chi connectivity index (χ2n) is 5.49. The van der Waals surface area contributed by atoms with Crippen molar-refractivity contribution >= 4 is 17.6 Å². The SMILES string of the molecule is COC(=O)C(O)C1CCN(CCc2ccccc2Cl)CC1. The van der Waals surface area contributed by atoms with Gasteiger partial charge in [0.2, 0.25) is 0 Å². The Balaban J connectivity index is 1.77. The number of likely N-dealkylation sites (tertiary alicyclic amines) is 1. The Morgan fingerprint density at radius 2 is 2.10 bits per heavy atom. The van der Waals surface area contributed by atoms with Crippen molar-refractivity contribution in [3.8, 4) is 0 Å². The number of carbonyl (C=O) groups excluding carboxylic acids is 1. The summed E-state index contributed by atoms with van der Waals surface area (Å²) in [7, 11) is 1.31. The molecule has 0 saturated carbocycles. The molecule has 1 atom stereocenters. The molecular weight excluding hydrogens is 290 g/mol.